The molecular formula is C16H22N4. The van der Waals surface area contributed by atoms with Crippen LogP contribution in [0.3, 0.4) is 0 Å². The first-order valence-corrected chi connectivity index (χ1v) is 6.96. The standard InChI is InChI=1S/C16H22N4/c1-11(2)10-18-15-7-8-17-16(20-15)19-14-6-5-12(3)13(4)9-14/h5-9,11H,10H2,1-4H3,(H2,17,18,19,20). The minimum atomic E-state index is 0.584. The zero-order chi connectivity index (χ0) is 14.5. The number of benzene rings is 1. The third-order valence-electron chi connectivity index (χ3n) is 3.11. The molecule has 0 aliphatic heterocycles. The molecular weight excluding hydrogens is 248 g/mol. The maximum absolute atomic E-state index is 4.46. The van der Waals surface area contributed by atoms with Gasteiger partial charge in [0.15, 0.2) is 0 Å². The summed E-state index contributed by atoms with van der Waals surface area (Å²) < 4.78 is 0. The third-order valence-corrected chi connectivity index (χ3v) is 3.11. The Kier molecular flexibility index (Phi) is 4.56. The summed E-state index contributed by atoms with van der Waals surface area (Å²) in [5.41, 5.74) is 3.54. The Labute approximate surface area is 120 Å². The zero-order valence-electron chi connectivity index (χ0n) is 12.6. The maximum Gasteiger partial charge on any atom is 0.229 e. The van der Waals surface area contributed by atoms with Gasteiger partial charge in [-0.1, -0.05) is 19.9 Å². The fourth-order valence-corrected chi connectivity index (χ4v) is 1.77. The Morgan fingerprint density at radius 3 is 2.60 bits per heavy atom. The lowest BCUT2D eigenvalue weighted by Crippen LogP contribution is -2.10. The van der Waals surface area contributed by atoms with Crippen LogP contribution < -0.4 is 10.6 Å². The molecule has 4 nitrogen and oxygen atoms in total. The minimum absolute atomic E-state index is 0.584. The maximum atomic E-state index is 4.46. The molecule has 2 N–H and O–H groups in total. The Bertz CT molecular complexity index is 578. The predicted octanol–water partition coefficient (Wildman–Crippen LogP) is 3.90. The Hall–Kier alpha value is -2.10. The molecule has 0 bridgehead atoms. The molecule has 0 saturated heterocycles. The number of nitrogens with zero attached hydrogens (tertiary/aromatic N) is 2. The van der Waals surface area contributed by atoms with Crippen LogP contribution in [-0.2, 0) is 0 Å². The van der Waals surface area contributed by atoms with Crippen LogP contribution in [-0.4, -0.2) is 16.5 Å². The first kappa shape index (κ1) is 14.3. The second kappa shape index (κ2) is 6.37. The highest BCUT2D eigenvalue weighted by atomic mass is 15.1. The van der Waals surface area contributed by atoms with Crippen LogP contribution in [0.5, 0.6) is 0 Å². The van der Waals surface area contributed by atoms with Crippen LogP contribution in [0.2, 0.25) is 0 Å². The van der Waals surface area contributed by atoms with Crippen molar-refractivity contribution in [1.29, 1.82) is 0 Å². The third kappa shape index (κ3) is 3.95. The molecule has 1 aromatic heterocycles. The van der Waals surface area contributed by atoms with Crippen LogP contribution in [0.25, 0.3) is 0 Å². The van der Waals surface area contributed by atoms with Gasteiger partial charge >= 0.3 is 0 Å². The first-order chi connectivity index (χ1) is 9.54. The van der Waals surface area contributed by atoms with Gasteiger partial charge in [-0.15, -0.1) is 0 Å². The molecule has 0 unspecified atom stereocenters. The molecule has 4 heteroatoms. The minimum Gasteiger partial charge on any atom is -0.370 e. The van der Waals surface area contributed by atoms with Gasteiger partial charge < -0.3 is 10.6 Å². The predicted molar refractivity (Wildman–Crippen MR) is 84.6 cm³/mol. The summed E-state index contributed by atoms with van der Waals surface area (Å²) in [5, 5.41) is 6.54. The number of rotatable bonds is 5. The van der Waals surface area contributed by atoms with Gasteiger partial charge in [0.05, 0.1) is 0 Å². The topological polar surface area (TPSA) is 49.8 Å². The van der Waals surface area contributed by atoms with Crippen LogP contribution in [0.4, 0.5) is 17.5 Å². The van der Waals surface area contributed by atoms with Gasteiger partial charge in [0.1, 0.15) is 5.82 Å². The Balaban J connectivity index is 2.08. The van der Waals surface area contributed by atoms with E-state index in [4.69, 9.17) is 0 Å². The number of aromatic nitrogens is 2. The van der Waals surface area contributed by atoms with Gasteiger partial charge in [0.25, 0.3) is 0 Å². The highest BCUT2D eigenvalue weighted by Crippen LogP contribution is 2.18. The van der Waals surface area contributed by atoms with E-state index >= 15 is 0 Å². The Morgan fingerprint density at radius 1 is 1.10 bits per heavy atom. The average Bonchev–Trinajstić information content (AvgIpc) is 2.41. The van der Waals surface area contributed by atoms with Crippen LogP contribution >= 0.6 is 0 Å². The second-order valence-electron chi connectivity index (χ2n) is 5.46. The zero-order valence-corrected chi connectivity index (χ0v) is 12.6. The van der Waals surface area contributed by atoms with Gasteiger partial charge in [-0.25, -0.2) is 4.98 Å². The SMILES string of the molecule is Cc1ccc(Nc2nccc(NCC(C)C)n2)cc1C. The first-order valence-electron chi connectivity index (χ1n) is 6.96. The van der Waals surface area contributed by atoms with Gasteiger partial charge in [-0.2, -0.15) is 4.98 Å². The number of aryl methyl sites for hydroxylation is 2. The summed E-state index contributed by atoms with van der Waals surface area (Å²) in [6.45, 7) is 9.44. The molecule has 0 aliphatic carbocycles. The summed E-state index contributed by atoms with van der Waals surface area (Å²) in [5.74, 6) is 2.04. The van der Waals surface area contributed by atoms with Crippen molar-refractivity contribution >= 4 is 17.5 Å². The van der Waals surface area contributed by atoms with Crippen LogP contribution in [0.15, 0.2) is 30.5 Å². The average molecular weight is 270 g/mol. The van der Waals surface area contributed by atoms with E-state index < -0.39 is 0 Å². The molecule has 0 aliphatic rings. The van der Waals surface area contributed by atoms with E-state index in [1.807, 2.05) is 12.1 Å². The normalized spacial score (nSPS) is 10.7. The Morgan fingerprint density at radius 2 is 1.90 bits per heavy atom. The molecule has 0 amide bonds. The summed E-state index contributed by atoms with van der Waals surface area (Å²) in [6, 6.07) is 8.12. The molecule has 2 aromatic rings. The van der Waals surface area contributed by atoms with E-state index in [1.54, 1.807) is 6.20 Å². The van der Waals surface area contributed by atoms with E-state index in [1.165, 1.54) is 11.1 Å². The van der Waals surface area contributed by atoms with E-state index in [0.717, 1.165) is 18.1 Å². The lowest BCUT2D eigenvalue weighted by atomic mass is 10.1. The van der Waals surface area contributed by atoms with Crippen LogP contribution in [0, 0.1) is 19.8 Å². The summed E-state index contributed by atoms with van der Waals surface area (Å²) in [6.07, 6.45) is 1.76. The number of anilines is 3. The van der Waals surface area contributed by atoms with Crippen molar-refractivity contribution in [2.24, 2.45) is 5.92 Å². The fraction of sp³-hybridized carbons (Fsp3) is 0.375. The van der Waals surface area contributed by atoms with E-state index in [2.05, 4.69) is 60.4 Å². The van der Waals surface area contributed by atoms with Gasteiger partial charge in [0, 0.05) is 18.4 Å². The molecule has 1 aromatic carbocycles. The highest BCUT2D eigenvalue weighted by molar-refractivity contribution is 5.56. The summed E-state index contributed by atoms with van der Waals surface area (Å²) in [7, 11) is 0. The smallest absolute Gasteiger partial charge is 0.229 e. The van der Waals surface area contributed by atoms with Gasteiger partial charge in [0.2, 0.25) is 5.95 Å². The molecule has 20 heavy (non-hydrogen) atoms. The monoisotopic (exact) mass is 270 g/mol. The molecule has 0 spiro atoms. The lowest BCUT2D eigenvalue weighted by molar-refractivity contribution is 0.687. The molecule has 0 radical (unpaired) electrons. The van der Waals surface area contributed by atoms with Crippen molar-refractivity contribution in [3.8, 4) is 0 Å². The lowest BCUT2D eigenvalue weighted by Gasteiger charge is -2.10. The fourth-order valence-electron chi connectivity index (χ4n) is 1.77. The second-order valence-corrected chi connectivity index (χ2v) is 5.46. The van der Waals surface area contributed by atoms with Crippen molar-refractivity contribution in [1.82, 2.24) is 9.97 Å². The van der Waals surface area contributed by atoms with E-state index in [-0.39, 0.29) is 0 Å². The quantitative estimate of drug-likeness (QED) is 0.865. The number of hydrogen-bond donors (Lipinski definition) is 2. The summed E-state index contributed by atoms with van der Waals surface area (Å²) >= 11 is 0. The number of nitrogens with one attached hydrogen (secondary N) is 2. The van der Waals surface area contributed by atoms with Crippen molar-refractivity contribution in [2.45, 2.75) is 27.7 Å². The molecule has 1 heterocycles. The van der Waals surface area contributed by atoms with Crippen molar-refractivity contribution in [3.63, 3.8) is 0 Å². The van der Waals surface area contributed by atoms with Crippen LogP contribution in [0.1, 0.15) is 25.0 Å². The molecule has 0 atom stereocenters. The van der Waals surface area contributed by atoms with E-state index in [0.29, 0.717) is 11.9 Å². The molecule has 0 fully saturated rings. The highest BCUT2D eigenvalue weighted by Gasteiger charge is 2.02. The van der Waals surface area contributed by atoms with Crippen molar-refractivity contribution in [2.75, 3.05) is 17.2 Å². The van der Waals surface area contributed by atoms with Crippen molar-refractivity contribution in [3.05, 3.63) is 41.6 Å². The number of hydrogen-bond acceptors (Lipinski definition) is 4. The van der Waals surface area contributed by atoms with E-state index in [9.17, 15) is 0 Å². The molecule has 0 saturated carbocycles. The van der Waals surface area contributed by atoms with Crippen molar-refractivity contribution < 1.29 is 0 Å². The molecule has 2 rings (SSSR count). The molecule has 106 valence electrons. The summed E-state index contributed by atoms with van der Waals surface area (Å²) in [4.78, 5) is 8.71. The van der Waals surface area contributed by atoms with Gasteiger partial charge in [-0.05, 0) is 49.1 Å². The van der Waals surface area contributed by atoms with Gasteiger partial charge in [-0.3, -0.25) is 0 Å². The largest absolute Gasteiger partial charge is 0.370 e.